The second-order valence-corrected chi connectivity index (χ2v) is 9.55. The molecule has 4 aromatic rings. The van der Waals surface area contributed by atoms with Crippen molar-refractivity contribution in [3.8, 4) is 17.2 Å². The standard InChI is InChI=1S/C29H27N3O6S/c1-4-36-19-8-9-20-23(16-19)39-29(31-20)32-25(18-7-10-21(37-5-2)22(15-18)38-6-3)24(27(34)28(32)35)26(33)17-11-13-30-14-12-17/h7-16,25,33H,4-6H2,1-3H3/b26-24+. The van der Waals surface area contributed by atoms with E-state index in [1.807, 2.05) is 39.0 Å². The van der Waals surface area contributed by atoms with E-state index in [2.05, 4.69) is 9.97 Å². The van der Waals surface area contributed by atoms with Gasteiger partial charge in [0.05, 0.1) is 41.7 Å². The number of ketones is 1. The second kappa shape index (κ2) is 11.1. The molecule has 0 bridgehead atoms. The molecule has 9 nitrogen and oxygen atoms in total. The van der Waals surface area contributed by atoms with Crippen LogP contribution in [0.2, 0.25) is 0 Å². The van der Waals surface area contributed by atoms with Gasteiger partial charge in [-0.3, -0.25) is 19.5 Å². The number of ether oxygens (including phenoxy) is 3. The van der Waals surface area contributed by atoms with Gasteiger partial charge in [-0.15, -0.1) is 0 Å². The van der Waals surface area contributed by atoms with E-state index in [4.69, 9.17) is 14.2 Å². The Morgan fingerprint density at radius 3 is 2.36 bits per heavy atom. The summed E-state index contributed by atoms with van der Waals surface area (Å²) >= 11 is 1.27. The quantitative estimate of drug-likeness (QED) is 0.166. The number of benzene rings is 2. The van der Waals surface area contributed by atoms with Crippen LogP contribution in [0.3, 0.4) is 0 Å². The third kappa shape index (κ3) is 4.90. The van der Waals surface area contributed by atoms with Crippen LogP contribution < -0.4 is 19.1 Å². The van der Waals surface area contributed by atoms with Gasteiger partial charge >= 0.3 is 5.91 Å². The third-order valence-electron chi connectivity index (χ3n) is 6.15. The van der Waals surface area contributed by atoms with E-state index in [1.165, 1.54) is 28.6 Å². The zero-order valence-corrected chi connectivity index (χ0v) is 22.5. The number of Topliss-reactive ketones (excluding diaryl/α,β-unsaturated/α-hetero) is 1. The highest BCUT2D eigenvalue weighted by molar-refractivity contribution is 7.22. The molecule has 1 N–H and O–H groups in total. The van der Waals surface area contributed by atoms with Crippen molar-refractivity contribution in [1.29, 1.82) is 0 Å². The summed E-state index contributed by atoms with van der Waals surface area (Å²) in [5, 5.41) is 11.6. The first-order valence-electron chi connectivity index (χ1n) is 12.6. The van der Waals surface area contributed by atoms with Crippen LogP contribution in [0.4, 0.5) is 5.13 Å². The summed E-state index contributed by atoms with van der Waals surface area (Å²) in [5.74, 6) is -0.198. The Morgan fingerprint density at radius 2 is 1.64 bits per heavy atom. The lowest BCUT2D eigenvalue weighted by molar-refractivity contribution is -0.132. The Labute approximate surface area is 229 Å². The first kappa shape index (κ1) is 26.2. The van der Waals surface area contributed by atoms with Gasteiger partial charge in [-0.05, 0) is 68.8 Å². The lowest BCUT2D eigenvalue weighted by atomic mass is 9.95. The van der Waals surface area contributed by atoms with E-state index in [-0.39, 0.29) is 11.3 Å². The summed E-state index contributed by atoms with van der Waals surface area (Å²) in [5.41, 5.74) is 1.54. The maximum Gasteiger partial charge on any atom is 0.301 e. The van der Waals surface area contributed by atoms with Crippen molar-refractivity contribution in [2.45, 2.75) is 26.8 Å². The number of aliphatic hydroxyl groups is 1. The number of carbonyl (C=O) groups excluding carboxylic acids is 2. The summed E-state index contributed by atoms with van der Waals surface area (Å²) < 4.78 is 17.9. The van der Waals surface area contributed by atoms with E-state index >= 15 is 0 Å². The van der Waals surface area contributed by atoms with Crippen LogP contribution in [-0.2, 0) is 9.59 Å². The first-order valence-corrected chi connectivity index (χ1v) is 13.4. The van der Waals surface area contributed by atoms with Crippen LogP contribution in [0.5, 0.6) is 17.2 Å². The van der Waals surface area contributed by atoms with Gasteiger partial charge in [0.25, 0.3) is 5.78 Å². The fourth-order valence-electron chi connectivity index (χ4n) is 4.50. The first-order chi connectivity index (χ1) is 19.0. The Bertz CT molecular complexity index is 1570. The molecule has 2 aromatic heterocycles. The summed E-state index contributed by atoms with van der Waals surface area (Å²) in [6.45, 7) is 6.97. The lowest BCUT2D eigenvalue weighted by Gasteiger charge is -2.24. The van der Waals surface area contributed by atoms with Gasteiger partial charge in [0, 0.05) is 18.0 Å². The number of aromatic nitrogens is 2. The molecule has 5 rings (SSSR count). The second-order valence-electron chi connectivity index (χ2n) is 8.54. The highest BCUT2D eigenvalue weighted by Crippen LogP contribution is 2.46. The molecule has 39 heavy (non-hydrogen) atoms. The zero-order valence-electron chi connectivity index (χ0n) is 21.7. The number of anilines is 1. The molecule has 1 fully saturated rings. The minimum Gasteiger partial charge on any atom is -0.507 e. The molecule has 1 saturated heterocycles. The molecule has 10 heteroatoms. The molecule has 0 spiro atoms. The number of fused-ring (bicyclic) bond motifs is 1. The van der Waals surface area contributed by atoms with Crippen molar-refractivity contribution in [3.63, 3.8) is 0 Å². The predicted molar refractivity (Wildman–Crippen MR) is 149 cm³/mol. The normalized spacial score (nSPS) is 16.6. The van der Waals surface area contributed by atoms with Gasteiger partial charge in [-0.1, -0.05) is 17.4 Å². The van der Waals surface area contributed by atoms with Crippen molar-refractivity contribution in [3.05, 3.63) is 77.6 Å². The van der Waals surface area contributed by atoms with Crippen molar-refractivity contribution >= 4 is 44.1 Å². The fraction of sp³-hybridized carbons (Fsp3) is 0.241. The number of pyridine rings is 1. The minimum atomic E-state index is -0.958. The lowest BCUT2D eigenvalue weighted by Crippen LogP contribution is -2.29. The van der Waals surface area contributed by atoms with Crippen LogP contribution >= 0.6 is 11.3 Å². The van der Waals surface area contributed by atoms with Gasteiger partial charge in [0.2, 0.25) is 0 Å². The van der Waals surface area contributed by atoms with Crippen molar-refractivity contribution in [2.75, 3.05) is 24.7 Å². The summed E-state index contributed by atoms with van der Waals surface area (Å²) in [7, 11) is 0. The smallest absolute Gasteiger partial charge is 0.301 e. The molecule has 0 radical (unpaired) electrons. The molecule has 1 amide bonds. The number of rotatable bonds is 9. The molecule has 3 heterocycles. The Hall–Kier alpha value is -4.44. The number of nitrogens with zero attached hydrogens (tertiary/aromatic N) is 3. The predicted octanol–water partition coefficient (Wildman–Crippen LogP) is 5.51. The van der Waals surface area contributed by atoms with Crippen LogP contribution in [-0.4, -0.2) is 46.6 Å². The number of aliphatic hydroxyl groups excluding tert-OH is 1. The van der Waals surface area contributed by atoms with Gasteiger partial charge in [0.15, 0.2) is 16.6 Å². The van der Waals surface area contributed by atoms with Crippen LogP contribution in [0, 0.1) is 0 Å². The molecular weight excluding hydrogens is 518 g/mol. The molecular formula is C29H27N3O6S. The highest BCUT2D eigenvalue weighted by Gasteiger charge is 2.48. The fourth-order valence-corrected chi connectivity index (χ4v) is 5.52. The summed E-state index contributed by atoms with van der Waals surface area (Å²) in [6.07, 6.45) is 3.02. The third-order valence-corrected chi connectivity index (χ3v) is 7.16. The van der Waals surface area contributed by atoms with Gasteiger partial charge in [0.1, 0.15) is 11.5 Å². The Kier molecular flexibility index (Phi) is 7.47. The number of hydrogen-bond donors (Lipinski definition) is 1. The van der Waals surface area contributed by atoms with E-state index in [9.17, 15) is 14.7 Å². The van der Waals surface area contributed by atoms with Crippen molar-refractivity contribution in [2.24, 2.45) is 0 Å². The van der Waals surface area contributed by atoms with E-state index in [1.54, 1.807) is 30.3 Å². The largest absolute Gasteiger partial charge is 0.507 e. The van der Waals surface area contributed by atoms with Gasteiger partial charge in [-0.25, -0.2) is 4.98 Å². The van der Waals surface area contributed by atoms with Gasteiger partial charge < -0.3 is 19.3 Å². The van der Waals surface area contributed by atoms with Gasteiger partial charge in [-0.2, -0.15) is 0 Å². The summed E-state index contributed by atoms with van der Waals surface area (Å²) in [6, 6.07) is 12.9. The molecule has 1 unspecified atom stereocenters. The molecule has 0 aliphatic carbocycles. The average molecular weight is 546 g/mol. The molecule has 0 saturated carbocycles. The number of amides is 1. The highest BCUT2D eigenvalue weighted by atomic mass is 32.1. The van der Waals surface area contributed by atoms with E-state index in [0.29, 0.717) is 58.8 Å². The van der Waals surface area contributed by atoms with Crippen LogP contribution in [0.1, 0.15) is 37.9 Å². The number of thiazole rings is 1. The molecule has 1 aliphatic heterocycles. The topological polar surface area (TPSA) is 111 Å². The van der Waals surface area contributed by atoms with E-state index < -0.39 is 17.7 Å². The van der Waals surface area contributed by atoms with Crippen molar-refractivity contribution < 1.29 is 28.9 Å². The SMILES string of the molecule is CCOc1ccc2nc(N3C(=O)C(=O)/C(=C(/O)c4ccncc4)C3c3ccc(OCC)c(OCC)c3)sc2c1. The van der Waals surface area contributed by atoms with Crippen LogP contribution in [0.15, 0.2) is 66.5 Å². The average Bonchev–Trinajstić information content (AvgIpc) is 3.48. The number of carbonyl (C=O) groups is 2. The van der Waals surface area contributed by atoms with Crippen molar-refractivity contribution in [1.82, 2.24) is 9.97 Å². The molecule has 1 aliphatic rings. The monoisotopic (exact) mass is 545 g/mol. The maximum absolute atomic E-state index is 13.6. The molecule has 200 valence electrons. The molecule has 1 atom stereocenters. The van der Waals surface area contributed by atoms with E-state index in [0.717, 1.165) is 4.70 Å². The summed E-state index contributed by atoms with van der Waals surface area (Å²) in [4.78, 5) is 37.1. The molecule has 2 aromatic carbocycles. The number of hydrogen-bond acceptors (Lipinski definition) is 9. The Morgan fingerprint density at radius 1 is 0.923 bits per heavy atom. The zero-order chi connectivity index (χ0) is 27.5. The Balaban J connectivity index is 1.71. The van der Waals surface area contributed by atoms with Crippen LogP contribution in [0.25, 0.3) is 16.0 Å². The minimum absolute atomic E-state index is 0.0490. The maximum atomic E-state index is 13.6.